The third-order valence-corrected chi connectivity index (χ3v) is 3.10. The fourth-order valence-electron chi connectivity index (χ4n) is 1.92. The van der Waals surface area contributed by atoms with Crippen LogP contribution < -0.4 is 5.73 Å². The molecule has 0 spiro atoms. The zero-order valence-electron chi connectivity index (χ0n) is 9.52. The van der Waals surface area contributed by atoms with Crippen LogP contribution in [0.15, 0.2) is 0 Å². The van der Waals surface area contributed by atoms with E-state index >= 15 is 0 Å². The number of carboxylic acids is 1. The van der Waals surface area contributed by atoms with E-state index in [1.54, 1.807) is 0 Å². The van der Waals surface area contributed by atoms with Crippen molar-refractivity contribution in [3.05, 3.63) is 0 Å². The summed E-state index contributed by atoms with van der Waals surface area (Å²) >= 11 is 0. The molecule has 0 aliphatic carbocycles. The number of carboxylic acid groups (broad SMARTS) is 1. The summed E-state index contributed by atoms with van der Waals surface area (Å²) in [6, 6.07) is -0.178. The van der Waals surface area contributed by atoms with Gasteiger partial charge >= 0.3 is 5.97 Å². The van der Waals surface area contributed by atoms with Crippen molar-refractivity contribution in [2.45, 2.75) is 24.9 Å². The quantitative estimate of drug-likeness (QED) is 0.642. The fourth-order valence-corrected chi connectivity index (χ4v) is 1.92. The van der Waals surface area contributed by atoms with Crippen molar-refractivity contribution in [1.29, 1.82) is 0 Å². The number of hydrogen-bond donors (Lipinski definition) is 2. The summed E-state index contributed by atoms with van der Waals surface area (Å²) in [4.78, 5) is 15.0. The molecule has 1 aliphatic heterocycles. The number of carbonyl (C=O) groups is 1. The fraction of sp³-hybridized carbons (Fsp3) is 0.900. The average molecular weight is 215 g/mol. The molecule has 1 aliphatic rings. The van der Waals surface area contributed by atoms with Gasteiger partial charge in [-0.2, -0.15) is 0 Å². The first-order valence-electron chi connectivity index (χ1n) is 5.38. The lowest BCUT2D eigenvalue weighted by molar-refractivity contribution is -0.138. The molecule has 0 saturated carbocycles. The standard InChI is InChI=1S/C10H21N3O2/c1-12-5-3-8(7-12)13(2)6-4-9(11)10(14)15/h8-9H,3-7,11H2,1-2H3,(H,14,15). The Morgan fingerprint density at radius 1 is 1.73 bits per heavy atom. The van der Waals surface area contributed by atoms with Crippen molar-refractivity contribution < 1.29 is 9.90 Å². The van der Waals surface area contributed by atoms with Gasteiger partial charge in [0, 0.05) is 19.1 Å². The van der Waals surface area contributed by atoms with Crippen molar-refractivity contribution in [2.24, 2.45) is 5.73 Å². The highest BCUT2D eigenvalue weighted by Gasteiger charge is 2.23. The Bertz CT molecular complexity index is 223. The van der Waals surface area contributed by atoms with E-state index in [1.807, 2.05) is 7.05 Å². The molecule has 0 aromatic heterocycles. The van der Waals surface area contributed by atoms with Gasteiger partial charge in [-0.25, -0.2) is 0 Å². The Morgan fingerprint density at radius 2 is 2.40 bits per heavy atom. The van der Waals surface area contributed by atoms with Gasteiger partial charge in [0.25, 0.3) is 0 Å². The lowest BCUT2D eigenvalue weighted by atomic mass is 10.2. The molecule has 88 valence electrons. The number of rotatable bonds is 5. The topological polar surface area (TPSA) is 69.8 Å². The van der Waals surface area contributed by atoms with Crippen LogP contribution in [-0.2, 0) is 4.79 Å². The molecule has 2 atom stereocenters. The molecule has 1 fully saturated rings. The minimum Gasteiger partial charge on any atom is -0.480 e. The third kappa shape index (κ3) is 3.77. The minimum atomic E-state index is -0.910. The van der Waals surface area contributed by atoms with Gasteiger partial charge in [-0.15, -0.1) is 0 Å². The summed E-state index contributed by atoms with van der Waals surface area (Å²) in [6.07, 6.45) is 1.68. The molecular formula is C10H21N3O2. The summed E-state index contributed by atoms with van der Waals surface area (Å²) in [6.45, 7) is 2.95. The largest absolute Gasteiger partial charge is 0.480 e. The molecule has 15 heavy (non-hydrogen) atoms. The van der Waals surface area contributed by atoms with Crippen molar-refractivity contribution in [3.8, 4) is 0 Å². The molecule has 1 heterocycles. The van der Waals surface area contributed by atoms with Gasteiger partial charge in [-0.1, -0.05) is 0 Å². The monoisotopic (exact) mass is 215 g/mol. The van der Waals surface area contributed by atoms with Gasteiger partial charge in [0.15, 0.2) is 0 Å². The molecule has 5 heteroatoms. The maximum Gasteiger partial charge on any atom is 0.320 e. The predicted octanol–water partition coefficient (Wildman–Crippen LogP) is -0.576. The molecule has 0 amide bonds. The number of likely N-dealkylation sites (tertiary alicyclic amines) is 1. The second kappa shape index (κ2) is 5.44. The van der Waals surface area contributed by atoms with Crippen LogP contribution >= 0.6 is 0 Å². The van der Waals surface area contributed by atoms with Crippen LogP contribution in [0.25, 0.3) is 0 Å². The van der Waals surface area contributed by atoms with Crippen LogP contribution in [-0.4, -0.2) is 66.7 Å². The molecule has 0 aromatic rings. The van der Waals surface area contributed by atoms with Crippen LogP contribution in [0.1, 0.15) is 12.8 Å². The van der Waals surface area contributed by atoms with Gasteiger partial charge in [0.05, 0.1) is 0 Å². The van der Waals surface area contributed by atoms with E-state index in [0.717, 1.165) is 26.1 Å². The van der Waals surface area contributed by atoms with Crippen molar-refractivity contribution >= 4 is 5.97 Å². The maximum atomic E-state index is 10.5. The summed E-state index contributed by atoms with van der Waals surface area (Å²) in [5, 5.41) is 8.65. The molecule has 1 rings (SSSR count). The van der Waals surface area contributed by atoms with Gasteiger partial charge in [0.2, 0.25) is 0 Å². The molecule has 5 nitrogen and oxygen atoms in total. The van der Waals surface area contributed by atoms with E-state index in [4.69, 9.17) is 10.8 Å². The van der Waals surface area contributed by atoms with Crippen molar-refractivity contribution in [2.75, 3.05) is 33.7 Å². The molecule has 0 radical (unpaired) electrons. The lowest BCUT2D eigenvalue weighted by Gasteiger charge is -2.24. The van der Waals surface area contributed by atoms with E-state index in [1.165, 1.54) is 0 Å². The summed E-state index contributed by atoms with van der Waals surface area (Å²) in [5.41, 5.74) is 5.45. The van der Waals surface area contributed by atoms with E-state index < -0.39 is 12.0 Å². The van der Waals surface area contributed by atoms with Gasteiger partial charge in [-0.3, -0.25) is 4.79 Å². The zero-order valence-corrected chi connectivity index (χ0v) is 9.52. The first kappa shape index (κ1) is 12.4. The second-order valence-corrected chi connectivity index (χ2v) is 4.42. The normalized spacial score (nSPS) is 24.7. The van der Waals surface area contributed by atoms with Gasteiger partial charge in [-0.05, 0) is 33.5 Å². The van der Waals surface area contributed by atoms with E-state index in [2.05, 4.69) is 16.8 Å². The number of likely N-dealkylation sites (N-methyl/N-ethyl adjacent to an activating group) is 2. The number of nitrogens with two attached hydrogens (primary N) is 1. The maximum absolute atomic E-state index is 10.5. The van der Waals surface area contributed by atoms with Crippen molar-refractivity contribution in [3.63, 3.8) is 0 Å². The smallest absolute Gasteiger partial charge is 0.320 e. The molecular weight excluding hydrogens is 194 g/mol. The van der Waals surface area contributed by atoms with Crippen LogP contribution in [0.5, 0.6) is 0 Å². The Labute approximate surface area is 90.8 Å². The average Bonchev–Trinajstić information content (AvgIpc) is 2.60. The van der Waals surface area contributed by atoms with E-state index in [-0.39, 0.29) is 0 Å². The highest BCUT2D eigenvalue weighted by molar-refractivity contribution is 5.72. The first-order chi connectivity index (χ1) is 7.00. The molecule has 1 saturated heterocycles. The zero-order chi connectivity index (χ0) is 11.4. The second-order valence-electron chi connectivity index (χ2n) is 4.42. The van der Waals surface area contributed by atoms with E-state index in [9.17, 15) is 4.79 Å². The van der Waals surface area contributed by atoms with E-state index in [0.29, 0.717) is 12.5 Å². The first-order valence-corrected chi connectivity index (χ1v) is 5.38. The summed E-state index contributed by atoms with van der Waals surface area (Å²) in [7, 11) is 4.15. The Balaban J connectivity index is 2.24. The summed E-state index contributed by atoms with van der Waals surface area (Å²) < 4.78 is 0. The SMILES string of the molecule is CN1CCC(N(C)CCC(N)C(=O)O)C1. The highest BCUT2D eigenvalue weighted by Crippen LogP contribution is 2.12. The van der Waals surface area contributed by atoms with Crippen LogP contribution in [0.4, 0.5) is 0 Å². The third-order valence-electron chi connectivity index (χ3n) is 3.10. The Hall–Kier alpha value is -0.650. The highest BCUT2D eigenvalue weighted by atomic mass is 16.4. The van der Waals surface area contributed by atoms with Crippen LogP contribution in [0, 0.1) is 0 Å². The molecule has 0 bridgehead atoms. The molecule has 3 N–H and O–H groups in total. The van der Waals surface area contributed by atoms with Gasteiger partial charge in [0.1, 0.15) is 6.04 Å². The van der Waals surface area contributed by atoms with Crippen molar-refractivity contribution in [1.82, 2.24) is 9.80 Å². The van der Waals surface area contributed by atoms with Gasteiger partial charge < -0.3 is 20.6 Å². The Kier molecular flexibility index (Phi) is 4.50. The molecule has 0 aromatic carbocycles. The summed E-state index contributed by atoms with van der Waals surface area (Å²) in [5.74, 6) is -0.910. The van der Waals surface area contributed by atoms with Crippen LogP contribution in [0.2, 0.25) is 0 Å². The number of hydrogen-bond acceptors (Lipinski definition) is 4. The number of aliphatic carboxylic acids is 1. The lowest BCUT2D eigenvalue weighted by Crippen LogP contribution is -2.39. The van der Waals surface area contributed by atoms with Crippen LogP contribution in [0.3, 0.4) is 0 Å². The molecule has 2 unspecified atom stereocenters. The predicted molar refractivity (Wildman–Crippen MR) is 58.8 cm³/mol. The number of nitrogens with zero attached hydrogens (tertiary/aromatic N) is 2. The Morgan fingerprint density at radius 3 is 2.87 bits per heavy atom. The minimum absolute atomic E-state index is 0.520.